The number of aromatic nitrogens is 2. The standard InChI is InChI=1S/C14H12ClN3OS/c1-2-16-14-17-12(9-7-8-20-13(9)18-14)19-11-6-4-3-5-10(11)15/h3-8H,2H2,1H3,(H,16,17,18). The number of rotatable bonds is 4. The van der Waals surface area contributed by atoms with Gasteiger partial charge < -0.3 is 10.1 Å². The molecule has 6 heteroatoms. The van der Waals surface area contributed by atoms with Gasteiger partial charge in [0, 0.05) is 6.54 Å². The fourth-order valence-electron chi connectivity index (χ4n) is 1.77. The van der Waals surface area contributed by atoms with Gasteiger partial charge in [-0.25, -0.2) is 4.98 Å². The first-order valence-electron chi connectivity index (χ1n) is 6.19. The SMILES string of the molecule is CCNc1nc(Oc2ccccc2Cl)c2ccsc2n1. The third-order valence-electron chi connectivity index (χ3n) is 2.67. The molecule has 3 rings (SSSR count). The van der Waals surface area contributed by atoms with E-state index in [1.54, 1.807) is 17.4 Å². The molecule has 0 unspecified atom stereocenters. The smallest absolute Gasteiger partial charge is 0.232 e. The molecule has 0 spiro atoms. The average molecular weight is 306 g/mol. The van der Waals surface area contributed by atoms with Gasteiger partial charge in [0.25, 0.3) is 0 Å². The minimum Gasteiger partial charge on any atom is -0.437 e. The highest BCUT2D eigenvalue weighted by Gasteiger charge is 2.12. The minimum atomic E-state index is 0.514. The lowest BCUT2D eigenvalue weighted by Crippen LogP contribution is -2.03. The first-order valence-corrected chi connectivity index (χ1v) is 7.45. The van der Waals surface area contributed by atoms with Crippen LogP contribution in [0.2, 0.25) is 5.02 Å². The van der Waals surface area contributed by atoms with E-state index in [2.05, 4.69) is 15.3 Å². The number of para-hydroxylation sites is 1. The summed E-state index contributed by atoms with van der Waals surface area (Å²) in [4.78, 5) is 9.72. The van der Waals surface area contributed by atoms with Crippen LogP contribution < -0.4 is 10.1 Å². The zero-order chi connectivity index (χ0) is 13.9. The first kappa shape index (κ1) is 13.1. The maximum Gasteiger partial charge on any atom is 0.232 e. The van der Waals surface area contributed by atoms with Crippen molar-refractivity contribution in [1.82, 2.24) is 9.97 Å². The summed E-state index contributed by atoms with van der Waals surface area (Å²) in [7, 11) is 0. The average Bonchev–Trinajstić information content (AvgIpc) is 2.90. The lowest BCUT2D eigenvalue weighted by molar-refractivity contribution is 0.469. The highest BCUT2D eigenvalue weighted by atomic mass is 35.5. The molecule has 0 aliphatic rings. The fraction of sp³-hybridized carbons (Fsp3) is 0.143. The van der Waals surface area contributed by atoms with Crippen LogP contribution in [-0.2, 0) is 0 Å². The summed E-state index contributed by atoms with van der Waals surface area (Å²) in [5.74, 6) is 1.66. The van der Waals surface area contributed by atoms with Crippen LogP contribution in [0.5, 0.6) is 11.6 Å². The Bertz CT molecular complexity index is 744. The number of hydrogen-bond donors (Lipinski definition) is 1. The van der Waals surface area contributed by atoms with Crippen LogP contribution in [0.4, 0.5) is 5.95 Å². The van der Waals surface area contributed by atoms with Gasteiger partial charge in [0.2, 0.25) is 11.8 Å². The molecule has 0 fully saturated rings. The van der Waals surface area contributed by atoms with Crippen molar-refractivity contribution in [3.05, 3.63) is 40.7 Å². The second kappa shape index (κ2) is 5.64. The van der Waals surface area contributed by atoms with E-state index < -0.39 is 0 Å². The Labute approximate surface area is 125 Å². The highest BCUT2D eigenvalue weighted by Crippen LogP contribution is 2.34. The normalized spacial score (nSPS) is 10.7. The maximum absolute atomic E-state index is 6.12. The van der Waals surface area contributed by atoms with E-state index in [0.29, 0.717) is 22.6 Å². The Morgan fingerprint density at radius 1 is 1.25 bits per heavy atom. The van der Waals surface area contributed by atoms with Crippen molar-refractivity contribution in [3.8, 4) is 11.6 Å². The molecule has 0 saturated carbocycles. The minimum absolute atomic E-state index is 0.514. The van der Waals surface area contributed by atoms with Crippen LogP contribution in [0.25, 0.3) is 10.2 Å². The second-order valence-electron chi connectivity index (χ2n) is 4.05. The van der Waals surface area contributed by atoms with Crippen molar-refractivity contribution in [2.24, 2.45) is 0 Å². The van der Waals surface area contributed by atoms with Gasteiger partial charge in [0.1, 0.15) is 10.6 Å². The molecule has 4 nitrogen and oxygen atoms in total. The molecule has 102 valence electrons. The Morgan fingerprint density at radius 2 is 2.10 bits per heavy atom. The van der Waals surface area contributed by atoms with E-state index in [0.717, 1.165) is 16.8 Å². The van der Waals surface area contributed by atoms with Crippen LogP contribution in [-0.4, -0.2) is 16.5 Å². The van der Waals surface area contributed by atoms with Gasteiger partial charge in [-0.1, -0.05) is 23.7 Å². The molecule has 1 N–H and O–H groups in total. The van der Waals surface area contributed by atoms with Crippen molar-refractivity contribution in [3.63, 3.8) is 0 Å². The number of hydrogen-bond acceptors (Lipinski definition) is 5. The monoisotopic (exact) mass is 305 g/mol. The van der Waals surface area contributed by atoms with Gasteiger partial charge in [0.15, 0.2) is 0 Å². The predicted molar refractivity (Wildman–Crippen MR) is 83.1 cm³/mol. The quantitative estimate of drug-likeness (QED) is 0.767. The predicted octanol–water partition coefficient (Wildman–Crippen LogP) is 4.57. The summed E-state index contributed by atoms with van der Waals surface area (Å²) in [6.07, 6.45) is 0. The largest absolute Gasteiger partial charge is 0.437 e. The van der Waals surface area contributed by atoms with E-state index in [1.165, 1.54) is 0 Å². The first-order chi connectivity index (χ1) is 9.78. The maximum atomic E-state index is 6.12. The van der Waals surface area contributed by atoms with Crippen LogP contribution in [0.1, 0.15) is 6.92 Å². The van der Waals surface area contributed by atoms with Crippen LogP contribution in [0.3, 0.4) is 0 Å². The number of anilines is 1. The number of thiophene rings is 1. The lowest BCUT2D eigenvalue weighted by atomic mass is 10.3. The van der Waals surface area contributed by atoms with Gasteiger partial charge in [-0.2, -0.15) is 4.98 Å². The molecular formula is C14H12ClN3OS. The molecule has 0 radical (unpaired) electrons. The molecule has 0 aliphatic carbocycles. The Hall–Kier alpha value is -1.85. The van der Waals surface area contributed by atoms with Crippen LogP contribution in [0, 0.1) is 0 Å². The summed E-state index contributed by atoms with van der Waals surface area (Å²) in [6.45, 7) is 2.75. The third kappa shape index (κ3) is 2.55. The summed E-state index contributed by atoms with van der Waals surface area (Å²) in [6, 6.07) is 9.28. The Morgan fingerprint density at radius 3 is 2.90 bits per heavy atom. The molecule has 0 atom stereocenters. The molecular weight excluding hydrogens is 294 g/mol. The Balaban J connectivity index is 2.05. The van der Waals surface area contributed by atoms with Gasteiger partial charge >= 0.3 is 0 Å². The number of halogens is 1. The van der Waals surface area contributed by atoms with E-state index in [4.69, 9.17) is 16.3 Å². The van der Waals surface area contributed by atoms with Gasteiger partial charge in [-0.05, 0) is 30.5 Å². The van der Waals surface area contributed by atoms with E-state index >= 15 is 0 Å². The van der Waals surface area contributed by atoms with E-state index in [1.807, 2.05) is 36.6 Å². The molecule has 3 aromatic rings. The summed E-state index contributed by atoms with van der Waals surface area (Å²) in [5.41, 5.74) is 0. The number of nitrogens with zero attached hydrogens (tertiary/aromatic N) is 2. The topological polar surface area (TPSA) is 47.0 Å². The number of fused-ring (bicyclic) bond motifs is 1. The van der Waals surface area contributed by atoms with Crippen LogP contribution in [0.15, 0.2) is 35.7 Å². The number of nitrogens with one attached hydrogen (secondary N) is 1. The molecule has 2 heterocycles. The lowest BCUT2D eigenvalue weighted by Gasteiger charge is -2.09. The molecule has 0 amide bonds. The molecule has 0 saturated heterocycles. The van der Waals surface area contributed by atoms with Gasteiger partial charge in [-0.3, -0.25) is 0 Å². The van der Waals surface area contributed by atoms with E-state index in [-0.39, 0.29) is 0 Å². The van der Waals surface area contributed by atoms with Gasteiger partial charge in [0.05, 0.1) is 10.4 Å². The van der Waals surface area contributed by atoms with Crippen molar-refractivity contribution in [1.29, 1.82) is 0 Å². The molecule has 2 aromatic heterocycles. The zero-order valence-electron chi connectivity index (χ0n) is 10.8. The van der Waals surface area contributed by atoms with Crippen LogP contribution >= 0.6 is 22.9 Å². The summed E-state index contributed by atoms with van der Waals surface area (Å²) < 4.78 is 5.85. The van der Waals surface area contributed by atoms with E-state index in [9.17, 15) is 0 Å². The molecule has 1 aromatic carbocycles. The van der Waals surface area contributed by atoms with Crippen molar-refractivity contribution < 1.29 is 4.74 Å². The Kier molecular flexibility index (Phi) is 3.71. The fourth-order valence-corrected chi connectivity index (χ4v) is 2.70. The zero-order valence-corrected chi connectivity index (χ0v) is 12.3. The third-order valence-corrected chi connectivity index (χ3v) is 3.79. The van der Waals surface area contributed by atoms with Crippen molar-refractivity contribution in [2.75, 3.05) is 11.9 Å². The van der Waals surface area contributed by atoms with Gasteiger partial charge in [-0.15, -0.1) is 11.3 Å². The molecule has 0 aliphatic heterocycles. The van der Waals surface area contributed by atoms with Crippen molar-refractivity contribution in [2.45, 2.75) is 6.92 Å². The molecule has 0 bridgehead atoms. The number of ether oxygens (including phenoxy) is 1. The van der Waals surface area contributed by atoms with Crippen molar-refractivity contribution >= 4 is 39.1 Å². The summed E-state index contributed by atoms with van der Waals surface area (Å²) >= 11 is 7.67. The number of benzene rings is 1. The summed E-state index contributed by atoms with van der Waals surface area (Å²) in [5, 5.41) is 6.51. The second-order valence-corrected chi connectivity index (χ2v) is 5.36. The highest BCUT2D eigenvalue weighted by molar-refractivity contribution is 7.16. The molecule has 20 heavy (non-hydrogen) atoms.